The molecule has 0 saturated carbocycles. The summed E-state index contributed by atoms with van der Waals surface area (Å²) in [5.41, 5.74) is 1.35. The van der Waals surface area contributed by atoms with Crippen LogP contribution in [0.25, 0.3) is 0 Å². The number of nitrogens with one attached hydrogen (secondary N) is 1. The van der Waals surface area contributed by atoms with Crippen LogP contribution in [0.15, 0.2) is 29.5 Å². The lowest BCUT2D eigenvalue weighted by Crippen LogP contribution is -2.49. The number of hydrogen-bond acceptors (Lipinski definition) is 7. The van der Waals surface area contributed by atoms with E-state index in [9.17, 15) is 9.59 Å². The van der Waals surface area contributed by atoms with Gasteiger partial charge in [0.1, 0.15) is 29.6 Å². The second kappa shape index (κ2) is 9.97. The molecule has 0 radical (unpaired) electrons. The average Bonchev–Trinajstić information content (AvgIpc) is 3.17. The molecule has 1 aromatic carbocycles. The van der Waals surface area contributed by atoms with Gasteiger partial charge < -0.3 is 19.9 Å². The number of carbonyl (C=O) groups is 2. The molecule has 1 N–H and O–H groups in total. The summed E-state index contributed by atoms with van der Waals surface area (Å²) in [7, 11) is 0. The molecule has 9 nitrogen and oxygen atoms in total. The highest BCUT2D eigenvalue weighted by Crippen LogP contribution is 2.37. The molecule has 1 aromatic heterocycles. The maximum atomic E-state index is 12.8. The lowest BCUT2D eigenvalue weighted by molar-refractivity contribution is -0.131. The SMILES string of the molecule is O=C1Nc2ncnc3c2C1C=Nc1ccc(c(Cl)c1)OCCCCCCC(=O)N1CCN3CC1. The van der Waals surface area contributed by atoms with E-state index in [4.69, 9.17) is 16.3 Å². The Morgan fingerprint density at radius 3 is 2.62 bits per heavy atom. The van der Waals surface area contributed by atoms with Crippen molar-refractivity contribution in [2.75, 3.05) is 43.0 Å². The van der Waals surface area contributed by atoms with Crippen molar-refractivity contribution in [1.82, 2.24) is 14.9 Å². The van der Waals surface area contributed by atoms with Crippen LogP contribution in [-0.4, -0.2) is 65.7 Å². The van der Waals surface area contributed by atoms with E-state index in [0.717, 1.165) is 25.7 Å². The summed E-state index contributed by atoms with van der Waals surface area (Å²) in [5, 5.41) is 3.31. The molecule has 0 aliphatic carbocycles. The largest absolute Gasteiger partial charge is 0.492 e. The van der Waals surface area contributed by atoms with Gasteiger partial charge in [-0.25, -0.2) is 9.97 Å². The molecule has 0 spiro atoms. The fraction of sp³-hybridized carbons (Fsp3) is 0.458. The molecule has 6 aliphatic heterocycles. The summed E-state index contributed by atoms with van der Waals surface area (Å²) >= 11 is 6.40. The van der Waals surface area contributed by atoms with Gasteiger partial charge in [-0.2, -0.15) is 0 Å². The molecule has 4 bridgehead atoms. The van der Waals surface area contributed by atoms with E-state index in [1.165, 1.54) is 6.33 Å². The number of halogens is 1. The highest BCUT2D eigenvalue weighted by Gasteiger charge is 2.36. The molecule has 1 fully saturated rings. The maximum Gasteiger partial charge on any atom is 0.238 e. The second-order valence-corrected chi connectivity index (χ2v) is 9.11. The van der Waals surface area contributed by atoms with Crippen molar-refractivity contribution in [2.24, 2.45) is 4.99 Å². The smallest absolute Gasteiger partial charge is 0.238 e. The first-order valence-corrected chi connectivity index (χ1v) is 12.1. The quantitative estimate of drug-likeness (QED) is 0.616. The molecular weight excluding hydrogens is 456 g/mol. The molecule has 8 rings (SSSR count). The molecular formula is C24H27ClN6O3. The molecule has 1 unspecified atom stereocenters. The summed E-state index contributed by atoms with van der Waals surface area (Å²) in [5.74, 6) is 1.21. The first kappa shape index (κ1) is 22.6. The van der Waals surface area contributed by atoms with Crippen molar-refractivity contribution < 1.29 is 14.3 Å². The summed E-state index contributed by atoms with van der Waals surface area (Å²) in [6.07, 6.45) is 7.42. The number of piperazine rings is 1. The average molecular weight is 483 g/mol. The number of aliphatic imine (C=N–C) groups is 1. The zero-order chi connectivity index (χ0) is 23.5. The van der Waals surface area contributed by atoms with E-state index < -0.39 is 5.92 Å². The van der Waals surface area contributed by atoms with Gasteiger partial charge in [0.2, 0.25) is 11.8 Å². The van der Waals surface area contributed by atoms with Crippen molar-refractivity contribution in [1.29, 1.82) is 0 Å². The van der Waals surface area contributed by atoms with Gasteiger partial charge >= 0.3 is 0 Å². The van der Waals surface area contributed by atoms with E-state index in [-0.39, 0.29) is 11.8 Å². The monoisotopic (exact) mass is 482 g/mol. The zero-order valence-corrected chi connectivity index (χ0v) is 19.6. The standard InChI is InChI=1S/C24H27ClN6O3/c25-18-13-16-6-7-19(18)34-12-4-2-1-3-5-20(32)30-8-10-31(11-9-30)23-21-17(14-26-16)24(33)29-22(21)27-15-28-23/h6-7,13-15,17H,1-5,8-12H2,(H,27,28,29,33). The fourth-order valence-corrected chi connectivity index (χ4v) is 4.81. The molecule has 10 heteroatoms. The van der Waals surface area contributed by atoms with Crippen LogP contribution in [0.4, 0.5) is 17.3 Å². The van der Waals surface area contributed by atoms with Crippen LogP contribution in [0.3, 0.4) is 0 Å². The van der Waals surface area contributed by atoms with Crippen molar-refractivity contribution in [2.45, 2.75) is 38.0 Å². The number of carbonyl (C=O) groups excluding carboxylic acids is 2. The first-order valence-electron chi connectivity index (χ1n) is 11.7. The Labute approximate surface area is 203 Å². The number of ether oxygens (including phenoxy) is 1. The summed E-state index contributed by atoms with van der Waals surface area (Å²) < 4.78 is 5.82. The third-order valence-corrected chi connectivity index (χ3v) is 6.76. The minimum Gasteiger partial charge on any atom is -0.492 e. The Morgan fingerprint density at radius 1 is 1.00 bits per heavy atom. The maximum absolute atomic E-state index is 12.8. The van der Waals surface area contributed by atoms with E-state index >= 15 is 0 Å². The summed E-state index contributed by atoms with van der Waals surface area (Å²) in [4.78, 5) is 42.8. The van der Waals surface area contributed by atoms with Crippen LogP contribution >= 0.6 is 11.6 Å². The Balaban J connectivity index is 1.45. The summed E-state index contributed by atoms with van der Waals surface area (Å²) in [6.45, 7) is 3.15. The molecule has 1 saturated heterocycles. The van der Waals surface area contributed by atoms with Gasteiger partial charge in [0, 0.05) is 38.8 Å². The lowest BCUT2D eigenvalue weighted by atomic mass is 10.0. The van der Waals surface area contributed by atoms with Crippen molar-refractivity contribution in [3.05, 3.63) is 35.1 Å². The predicted octanol–water partition coefficient (Wildman–Crippen LogP) is 3.56. The minimum absolute atomic E-state index is 0.196. The third kappa shape index (κ3) is 4.70. The topological polar surface area (TPSA) is 100 Å². The Hall–Kier alpha value is -3.20. The van der Waals surface area contributed by atoms with Crippen LogP contribution in [0.5, 0.6) is 5.75 Å². The van der Waals surface area contributed by atoms with E-state index in [1.54, 1.807) is 18.3 Å². The Morgan fingerprint density at radius 2 is 1.79 bits per heavy atom. The lowest BCUT2D eigenvalue weighted by Gasteiger charge is -2.36. The van der Waals surface area contributed by atoms with Crippen molar-refractivity contribution in [3.63, 3.8) is 0 Å². The van der Waals surface area contributed by atoms with Crippen LogP contribution in [0.1, 0.15) is 43.6 Å². The molecule has 1 atom stereocenters. The van der Waals surface area contributed by atoms with Gasteiger partial charge in [-0.3, -0.25) is 14.6 Å². The minimum atomic E-state index is -0.616. The van der Waals surface area contributed by atoms with Crippen molar-refractivity contribution in [3.8, 4) is 5.75 Å². The molecule has 7 heterocycles. The van der Waals surface area contributed by atoms with E-state index in [2.05, 4.69) is 25.2 Å². The van der Waals surface area contributed by atoms with Gasteiger partial charge in [0.05, 0.1) is 22.9 Å². The molecule has 6 aliphatic rings. The third-order valence-electron chi connectivity index (χ3n) is 6.46. The highest BCUT2D eigenvalue weighted by atomic mass is 35.5. The number of nitrogens with zero attached hydrogens (tertiary/aromatic N) is 5. The molecule has 178 valence electrons. The number of aromatic nitrogens is 2. The van der Waals surface area contributed by atoms with Crippen LogP contribution in [0, 0.1) is 0 Å². The predicted molar refractivity (Wildman–Crippen MR) is 130 cm³/mol. The Kier molecular flexibility index (Phi) is 6.62. The summed E-state index contributed by atoms with van der Waals surface area (Å²) in [6, 6.07) is 5.35. The van der Waals surface area contributed by atoms with Crippen LogP contribution in [0.2, 0.25) is 5.02 Å². The van der Waals surface area contributed by atoms with Gasteiger partial charge in [-0.1, -0.05) is 24.4 Å². The van der Waals surface area contributed by atoms with E-state index in [1.807, 2.05) is 11.0 Å². The van der Waals surface area contributed by atoms with Gasteiger partial charge in [0.15, 0.2) is 0 Å². The fourth-order valence-electron chi connectivity index (χ4n) is 4.58. The second-order valence-electron chi connectivity index (χ2n) is 8.70. The van der Waals surface area contributed by atoms with E-state index in [0.29, 0.717) is 72.9 Å². The van der Waals surface area contributed by atoms with Crippen molar-refractivity contribution >= 4 is 47.0 Å². The van der Waals surface area contributed by atoms with Gasteiger partial charge in [-0.15, -0.1) is 0 Å². The first-order chi connectivity index (χ1) is 16.6. The number of rotatable bonds is 0. The molecule has 2 amide bonds. The normalized spacial score (nSPS) is 21.1. The van der Waals surface area contributed by atoms with Gasteiger partial charge in [-0.05, 0) is 31.0 Å². The number of amides is 2. The zero-order valence-electron chi connectivity index (χ0n) is 18.9. The number of benzene rings is 1. The molecule has 34 heavy (non-hydrogen) atoms. The van der Waals surface area contributed by atoms with Crippen LogP contribution < -0.4 is 15.0 Å². The van der Waals surface area contributed by atoms with Crippen LogP contribution in [-0.2, 0) is 9.59 Å². The number of anilines is 2. The highest BCUT2D eigenvalue weighted by molar-refractivity contribution is 6.32. The molecule has 2 aromatic rings. The van der Waals surface area contributed by atoms with Gasteiger partial charge in [0.25, 0.3) is 0 Å². The number of hydrogen-bond donors (Lipinski definition) is 1. The Bertz CT molecular complexity index is 1120.